The smallest absolute Gasteiger partial charge is 0.263 e. The number of hydrogen-bond donors (Lipinski definition) is 1. The van der Waals surface area contributed by atoms with Gasteiger partial charge >= 0.3 is 0 Å². The number of amides is 1. The summed E-state index contributed by atoms with van der Waals surface area (Å²) in [4.78, 5) is 33.9. The van der Waals surface area contributed by atoms with Gasteiger partial charge in [-0.25, -0.2) is 9.97 Å². The molecule has 146 valence electrons. The summed E-state index contributed by atoms with van der Waals surface area (Å²) in [7, 11) is 1.57. The number of thioether (sulfide) groups is 1. The molecule has 0 saturated heterocycles. The predicted molar refractivity (Wildman–Crippen MR) is 111 cm³/mol. The van der Waals surface area contributed by atoms with Crippen LogP contribution in [0.5, 0.6) is 0 Å². The molecule has 8 heteroatoms. The van der Waals surface area contributed by atoms with E-state index in [1.165, 1.54) is 16.3 Å². The second-order valence-electron chi connectivity index (χ2n) is 6.37. The summed E-state index contributed by atoms with van der Waals surface area (Å²) in [6.45, 7) is 4.65. The number of benzene rings is 1. The van der Waals surface area contributed by atoms with Gasteiger partial charge < -0.3 is 10.1 Å². The van der Waals surface area contributed by atoms with Gasteiger partial charge in [0.25, 0.3) is 5.56 Å². The molecule has 0 aliphatic carbocycles. The molecule has 28 heavy (non-hydrogen) atoms. The number of aromatic nitrogens is 3. The average molecular weight is 398 g/mol. The number of carbonyl (C=O) groups excluding carboxylic acids is 1. The molecule has 0 radical (unpaired) electrons. The first kappa shape index (κ1) is 20.0. The molecule has 0 spiro atoms. The highest BCUT2D eigenvalue weighted by Crippen LogP contribution is 2.19. The number of hydrogen-bond acceptors (Lipinski definition) is 6. The van der Waals surface area contributed by atoms with E-state index in [-0.39, 0.29) is 17.2 Å². The van der Waals surface area contributed by atoms with Crippen molar-refractivity contribution in [3.05, 3.63) is 58.0 Å². The highest BCUT2D eigenvalue weighted by Gasteiger charge is 2.14. The lowest BCUT2D eigenvalue weighted by atomic mass is 10.1. The van der Waals surface area contributed by atoms with Gasteiger partial charge in [0.2, 0.25) is 5.91 Å². The third kappa shape index (κ3) is 4.58. The van der Waals surface area contributed by atoms with Crippen molar-refractivity contribution < 1.29 is 9.53 Å². The summed E-state index contributed by atoms with van der Waals surface area (Å²) in [5.41, 5.74) is 3.04. The largest absolute Gasteiger partial charge is 0.383 e. The molecule has 1 aromatic carbocycles. The van der Waals surface area contributed by atoms with Gasteiger partial charge in [-0.3, -0.25) is 14.2 Å². The summed E-state index contributed by atoms with van der Waals surface area (Å²) in [5, 5.41) is 3.82. The minimum Gasteiger partial charge on any atom is -0.383 e. The number of ether oxygens (including phenoxy) is 1. The van der Waals surface area contributed by atoms with Gasteiger partial charge in [0.15, 0.2) is 10.8 Å². The van der Waals surface area contributed by atoms with Crippen LogP contribution in [0, 0.1) is 13.8 Å². The highest BCUT2D eigenvalue weighted by atomic mass is 32.2. The summed E-state index contributed by atoms with van der Waals surface area (Å²) >= 11 is 1.21. The van der Waals surface area contributed by atoms with Gasteiger partial charge in [0, 0.05) is 19.0 Å². The molecule has 1 amide bonds. The maximum Gasteiger partial charge on any atom is 0.263 e. The molecule has 0 unspecified atom stereocenters. The van der Waals surface area contributed by atoms with Crippen LogP contribution in [0.15, 0.2) is 46.5 Å². The first-order valence-electron chi connectivity index (χ1n) is 8.84. The lowest BCUT2D eigenvalue weighted by Crippen LogP contribution is -2.26. The van der Waals surface area contributed by atoms with E-state index in [9.17, 15) is 9.59 Å². The van der Waals surface area contributed by atoms with E-state index in [4.69, 9.17) is 4.74 Å². The second kappa shape index (κ2) is 8.99. The number of fused-ring (bicyclic) bond motifs is 1. The molecule has 0 saturated carbocycles. The number of nitrogens with one attached hydrogen (secondary N) is 1. The molecule has 0 fully saturated rings. The van der Waals surface area contributed by atoms with Gasteiger partial charge in [-0.1, -0.05) is 23.9 Å². The Bertz CT molecular complexity index is 1060. The van der Waals surface area contributed by atoms with Crippen LogP contribution in [-0.2, 0) is 16.1 Å². The van der Waals surface area contributed by atoms with E-state index in [0.717, 1.165) is 16.8 Å². The highest BCUT2D eigenvalue weighted by molar-refractivity contribution is 7.99. The van der Waals surface area contributed by atoms with E-state index in [2.05, 4.69) is 15.3 Å². The van der Waals surface area contributed by atoms with Gasteiger partial charge in [0.05, 0.1) is 24.3 Å². The fourth-order valence-corrected chi connectivity index (χ4v) is 3.53. The fraction of sp³-hybridized carbons (Fsp3) is 0.300. The normalized spacial score (nSPS) is 11.0. The molecule has 3 rings (SSSR count). The quantitative estimate of drug-likeness (QED) is 0.487. The Morgan fingerprint density at radius 1 is 1.29 bits per heavy atom. The van der Waals surface area contributed by atoms with E-state index in [1.807, 2.05) is 32.0 Å². The molecular weight excluding hydrogens is 376 g/mol. The van der Waals surface area contributed by atoms with Crippen molar-refractivity contribution in [3.63, 3.8) is 0 Å². The molecule has 0 aliphatic rings. The van der Waals surface area contributed by atoms with Crippen LogP contribution >= 0.6 is 11.8 Å². The lowest BCUT2D eigenvalue weighted by Gasteiger charge is -2.13. The number of methoxy groups -OCH3 is 1. The molecule has 0 aliphatic heterocycles. The van der Waals surface area contributed by atoms with Crippen molar-refractivity contribution in [1.82, 2.24) is 14.5 Å². The molecule has 7 nitrogen and oxygen atoms in total. The summed E-state index contributed by atoms with van der Waals surface area (Å²) < 4.78 is 6.64. The van der Waals surface area contributed by atoms with Gasteiger partial charge in [0.1, 0.15) is 0 Å². The Morgan fingerprint density at radius 3 is 2.89 bits per heavy atom. The number of aryl methyl sites for hydroxylation is 2. The molecule has 2 heterocycles. The molecular formula is C20H22N4O3S. The number of rotatable bonds is 7. The van der Waals surface area contributed by atoms with Crippen molar-refractivity contribution in [3.8, 4) is 0 Å². The van der Waals surface area contributed by atoms with E-state index >= 15 is 0 Å². The number of pyridine rings is 1. The Kier molecular flexibility index (Phi) is 6.43. The van der Waals surface area contributed by atoms with Gasteiger partial charge in [-0.2, -0.15) is 0 Å². The third-order valence-corrected chi connectivity index (χ3v) is 5.19. The number of anilines is 1. The minimum absolute atomic E-state index is 0.130. The van der Waals surface area contributed by atoms with Gasteiger partial charge in [-0.05, 0) is 43.2 Å². The molecule has 1 N–H and O–H groups in total. The molecule has 3 aromatic rings. The first-order chi connectivity index (χ1) is 13.5. The van der Waals surface area contributed by atoms with Crippen molar-refractivity contribution in [2.24, 2.45) is 0 Å². The Balaban J connectivity index is 1.81. The number of carbonyl (C=O) groups is 1. The molecule has 0 atom stereocenters. The van der Waals surface area contributed by atoms with Crippen LogP contribution in [-0.4, -0.2) is 39.9 Å². The topological polar surface area (TPSA) is 86.1 Å². The monoisotopic (exact) mass is 398 g/mol. The van der Waals surface area contributed by atoms with E-state index in [1.54, 1.807) is 25.4 Å². The average Bonchev–Trinajstić information content (AvgIpc) is 2.69. The summed E-state index contributed by atoms with van der Waals surface area (Å²) in [5.74, 6) is -0.0297. The molecule has 0 bridgehead atoms. The number of nitrogens with zero attached hydrogens (tertiary/aromatic N) is 3. The van der Waals surface area contributed by atoms with Crippen molar-refractivity contribution in [2.45, 2.75) is 25.5 Å². The van der Waals surface area contributed by atoms with Crippen molar-refractivity contribution in [2.75, 3.05) is 24.8 Å². The summed E-state index contributed by atoms with van der Waals surface area (Å²) in [6.07, 6.45) is 1.59. The van der Waals surface area contributed by atoms with Crippen molar-refractivity contribution in [1.29, 1.82) is 0 Å². The zero-order valence-corrected chi connectivity index (χ0v) is 16.9. The third-order valence-electron chi connectivity index (χ3n) is 4.21. The van der Waals surface area contributed by atoms with Crippen molar-refractivity contribution >= 4 is 34.4 Å². The standard InChI is InChI=1S/C20H22N4O3S/c1-13-6-7-14(2)16(11-13)22-17(25)12-28-20-23-18-15(5-4-8-21-18)19(26)24(20)9-10-27-3/h4-8,11H,9-10,12H2,1-3H3,(H,22,25). The zero-order valence-electron chi connectivity index (χ0n) is 16.1. The van der Waals surface area contributed by atoms with Gasteiger partial charge in [-0.15, -0.1) is 0 Å². The Labute approximate surface area is 167 Å². The minimum atomic E-state index is -0.187. The second-order valence-corrected chi connectivity index (χ2v) is 7.32. The van der Waals surface area contributed by atoms with E-state index < -0.39 is 0 Å². The maximum absolute atomic E-state index is 12.8. The Morgan fingerprint density at radius 2 is 2.11 bits per heavy atom. The van der Waals surface area contributed by atoms with Crippen LogP contribution in [0.2, 0.25) is 0 Å². The molecule has 2 aromatic heterocycles. The van der Waals surface area contributed by atoms with Crippen LogP contribution in [0.4, 0.5) is 5.69 Å². The SMILES string of the molecule is COCCn1c(SCC(=O)Nc2cc(C)ccc2C)nc2ncccc2c1=O. The lowest BCUT2D eigenvalue weighted by molar-refractivity contribution is -0.113. The maximum atomic E-state index is 12.8. The van der Waals surface area contributed by atoms with Crippen LogP contribution in [0.1, 0.15) is 11.1 Å². The Hall–Kier alpha value is -2.71. The first-order valence-corrected chi connectivity index (χ1v) is 9.82. The predicted octanol–water partition coefficient (Wildman–Crippen LogP) is 2.79. The van der Waals surface area contributed by atoms with Crippen LogP contribution in [0.25, 0.3) is 11.0 Å². The fourth-order valence-electron chi connectivity index (χ4n) is 2.71. The van der Waals surface area contributed by atoms with E-state index in [0.29, 0.717) is 29.3 Å². The zero-order chi connectivity index (χ0) is 20.1. The van der Waals surface area contributed by atoms with Crippen LogP contribution < -0.4 is 10.9 Å². The van der Waals surface area contributed by atoms with Crippen LogP contribution in [0.3, 0.4) is 0 Å². The summed E-state index contributed by atoms with van der Waals surface area (Å²) in [6, 6.07) is 9.31.